The van der Waals surface area contributed by atoms with Crippen LogP contribution in [0.5, 0.6) is 0 Å². The topological polar surface area (TPSA) is 71.9 Å². The number of hydrogen-bond donors (Lipinski definition) is 2. The van der Waals surface area contributed by atoms with Gasteiger partial charge in [0.1, 0.15) is 5.82 Å². The summed E-state index contributed by atoms with van der Waals surface area (Å²) in [5.41, 5.74) is 3.20. The molecule has 5 rings (SSSR count). The second-order valence-electron chi connectivity index (χ2n) is 9.46. The molecule has 178 valence electrons. The fraction of sp³-hybridized carbons (Fsp3) is 0.423. The fourth-order valence-electron chi connectivity index (χ4n) is 4.22. The van der Waals surface area contributed by atoms with Gasteiger partial charge in [-0.3, -0.25) is 5.10 Å². The van der Waals surface area contributed by atoms with Crippen LogP contribution in [0.2, 0.25) is 5.02 Å². The zero-order valence-electron chi connectivity index (χ0n) is 19.8. The van der Waals surface area contributed by atoms with E-state index in [9.17, 15) is 0 Å². The number of H-pyrrole nitrogens is 1. The monoisotopic (exact) mass is 477 g/mol. The molecule has 0 amide bonds. The van der Waals surface area contributed by atoms with Gasteiger partial charge in [-0.05, 0) is 56.2 Å². The van der Waals surface area contributed by atoms with E-state index in [2.05, 4.69) is 63.6 Å². The molecule has 1 aliphatic carbocycles. The third-order valence-corrected chi connectivity index (χ3v) is 6.83. The Balaban J connectivity index is 1.44. The number of guanidine groups is 1. The van der Waals surface area contributed by atoms with Crippen molar-refractivity contribution in [3.8, 4) is 0 Å². The molecule has 1 unspecified atom stereocenters. The van der Waals surface area contributed by atoms with Crippen LogP contribution >= 0.6 is 11.6 Å². The van der Waals surface area contributed by atoms with Gasteiger partial charge in [0.25, 0.3) is 0 Å². The van der Waals surface area contributed by atoms with Crippen molar-refractivity contribution in [1.82, 2.24) is 20.0 Å². The van der Waals surface area contributed by atoms with Crippen LogP contribution < -0.4 is 5.32 Å². The van der Waals surface area contributed by atoms with Crippen molar-refractivity contribution in [2.24, 2.45) is 15.9 Å². The maximum atomic E-state index is 6.17. The lowest BCUT2D eigenvalue weighted by molar-refractivity contribution is 0.184. The predicted octanol–water partition coefficient (Wildman–Crippen LogP) is 4.99. The number of benzene rings is 1. The van der Waals surface area contributed by atoms with Gasteiger partial charge in [-0.25, -0.2) is 4.99 Å². The van der Waals surface area contributed by atoms with Crippen LogP contribution in [0, 0.1) is 5.92 Å². The van der Waals surface area contributed by atoms with Gasteiger partial charge in [-0.15, -0.1) is 0 Å². The van der Waals surface area contributed by atoms with E-state index >= 15 is 0 Å². The minimum atomic E-state index is 0.242. The fourth-order valence-corrected chi connectivity index (χ4v) is 4.42. The number of hydrogen-bond acceptors (Lipinski definition) is 6. The molecule has 7 nitrogen and oxygen atoms in total. The van der Waals surface area contributed by atoms with Crippen molar-refractivity contribution < 1.29 is 0 Å². The van der Waals surface area contributed by atoms with E-state index in [4.69, 9.17) is 21.6 Å². The number of aliphatic imine (C=N–C) groups is 2. The van der Waals surface area contributed by atoms with E-state index in [-0.39, 0.29) is 5.92 Å². The largest absolute Gasteiger partial charge is 0.354 e. The number of aromatic amines is 1. The molecule has 8 heteroatoms. The van der Waals surface area contributed by atoms with Gasteiger partial charge < -0.3 is 15.1 Å². The van der Waals surface area contributed by atoms with Crippen LogP contribution in [0.4, 0.5) is 5.82 Å². The molecule has 2 aromatic rings. The lowest BCUT2D eigenvalue weighted by Crippen LogP contribution is -2.43. The smallest absolute Gasteiger partial charge is 0.230 e. The maximum Gasteiger partial charge on any atom is 0.230 e. The van der Waals surface area contributed by atoms with Crippen molar-refractivity contribution in [2.45, 2.75) is 32.1 Å². The molecule has 1 aromatic carbocycles. The number of aromatic nitrogens is 2. The Bertz CT molecular complexity index is 1130. The predicted molar refractivity (Wildman–Crippen MR) is 140 cm³/mol. The summed E-state index contributed by atoms with van der Waals surface area (Å²) in [6.07, 6.45) is 9.72. The SMILES string of the molecule is CC1C/C=C(\N2CCN(C)CC2)N=C(Nc2cc(C3CC3)[nH]n2)N=C1/C=C/c1cccc(Cl)c1. The summed E-state index contributed by atoms with van der Waals surface area (Å²) in [5, 5.41) is 11.7. The van der Waals surface area contributed by atoms with Crippen molar-refractivity contribution in [3.05, 3.63) is 64.6 Å². The van der Waals surface area contributed by atoms with Crippen LogP contribution in [0.25, 0.3) is 6.08 Å². The quantitative estimate of drug-likeness (QED) is 0.636. The zero-order chi connectivity index (χ0) is 23.5. The van der Waals surface area contributed by atoms with Gasteiger partial charge >= 0.3 is 0 Å². The van der Waals surface area contributed by atoms with Gasteiger partial charge in [0.15, 0.2) is 5.82 Å². The Morgan fingerprint density at radius 3 is 2.68 bits per heavy atom. The summed E-state index contributed by atoms with van der Waals surface area (Å²) < 4.78 is 0. The maximum absolute atomic E-state index is 6.17. The molecule has 1 aromatic heterocycles. The summed E-state index contributed by atoms with van der Waals surface area (Å²) >= 11 is 6.17. The Labute approximate surface area is 206 Å². The van der Waals surface area contributed by atoms with E-state index in [0.29, 0.717) is 11.9 Å². The van der Waals surface area contributed by atoms with Crippen molar-refractivity contribution in [3.63, 3.8) is 0 Å². The van der Waals surface area contributed by atoms with Crippen LogP contribution in [0.1, 0.15) is 43.4 Å². The number of piperazine rings is 1. The summed E-state index contributed by atoms with van der Waals surface area (Å²) in [7, 11) is 2.17. The molecular formula is C26H32ClN7. The normalized spacial score (nSPS) is 23.7. The molecule has 1 saturated carbocycles. The number of rotatable bonds is 5. The van der Waals surface area contributed by atoms with Crippen molar-refractivity contribution in [1.29, 1.82) is 0 Å². The third-order valence-electron chi connectivity index (χ3n) is 6.59. The zero-order valence-corrected chi connectivity index (χ0v) is 20.6. The number of likely N-dealkylation sites (N-methyl/N-ethyl adjacent to an activating group) is 1. The molecule has 3 heterocycles. The van der Waals surface area contributed by atoms with E-state index in [0.717, 1.165) is 60.5 Å². The highest BCUT2D eigenvalue weighted by atomic mass is 35.5. The van der Waals surface area contributed by atoms with E-state index in [1.165, 1.54) is 18.5 Å². The average Bonchev–Trinajstić information content (AvgIpc) is 3.57. The number of halogens is 1. The number of allylic oxidation sites excluding steroid dienone is 2. The number of nitrogens with zero attached hydrogens (tertiary/aromatic N) is 5. The first-order valence-corrected chi connectivity index (χ1v) is 12.5. The molecule has 0 spiro atoms. The van der Waals surface area contributed by atoms with Gasteiger partial charge in [0.2, 0.25) is 5.96 Å². The third kappa shape index (κ3) is 5.77. The molecular weight excluding hydrogens is 446 g/mol. The second-order valence-corrected chi connectivity index (χ2v) is 9.89. The first-order valence-electron chi connectivity index (χ1n) is 12.1. The van der Waals surface area contributed by atoms with E-state index in [1.807, 2.05) is 24.3 Å². The molecule has 2 fully saturated rings. The number of anilines is 1. The molecule has 3 aliphatic rings. The summed E-state index contributed by atoms with van der Waals surface area (Å²) in [6.45, 7) is 6.21. The van der Waals surface area contributed by atoms with Crippen LogP contribution in [-0.2, 0) is 0 Å². The Kier molecular flexibility index (Phi) is 6.83. The second kappa shape index (κ2) is 10.2. The average molecular weight is 478 g/mol. The standard InChI is InChI=1S/C26H32ClN7/c1-18-6-11-25(34-14-12-33(2)13-15-34)30-26(29-24-17-23(31-32-24)20-8-9-20)28-22(18)10-7-19-4-3-5-21(27)16-19/h3-5,7,10-11,16-18,20H,6,8-9,12-15H2,1-2H3,(H2,29,30,31,32)/b10-7+,25-11-,28-22?. The molecule has 1 saturated heterocycles. The summed E-state index contributed by atoms with van der Waals surface area (Å²) in [6, 6.07) is 9.92. The highest BCUT2D eigenvalue weighted by Gasteiger charge is 2.26. The van der Waals surface area contributed by atoms with E-state index < -0.39 is 0 Å². The Morgan fingerprint density at radius 1 is 1.09 bits per heavy atom. The van der Waals surface area contributed by atoms with Gasteiger partial charge in [-0.1, -0.05) is 36.7 Å². The molecule has 34 heavy (non-hydrogen) atoms. The van der Waals surface area contributed by atoms with E-state index in [1.54, 1.807) is 0 Å². The first kappa shape index (κ1) is 22.9. The Morgan fingerprint density at radius 2 is 1.91 bits per heavy atom. The Hall–Kier alpha value is -2.90. The minimum absolute atomic E-state index is 0.242. The van der Waals surface area contributed by atoms with Gasteiger partial charge in [-0.2, -0.15) is 10.1 Å². The summed E-state index contributed by atoms with van der Waals surface area (Å²) in [5.74, 6) is 3.17. The lowest BCUT2D eigenvalue weighted by Gasteiger charge is -2.34. The van der Waals surface area contributed by atoms with Crippen LogP contribution in [0.15, 0.2) is 58.3 Å². The molecule has 2 aliphatic heterocycles. The molecule has 1 atom stereocenters. The molecule has 0 bridgehead atoms. The van der Waals surface area contributed by atoms with Gasteiger partial charge in [0, 0.05) is 60.5 Å². The number of nitrogens with one attached hydrogen (secondary N) is 2. The van der Waals surface area contributed by atoms with Crippen molar-refractivity contribution in [2.75, 3.05) is 38.5 Å². The molecule has 0 radical (unpaired) electrons. The highest BCUT2D eigenvalue weighted by Crippen LogP contribution is 2.39. The summed E-state index contributed by atoms with van der Waals surface area (Å²) in [4.78, 5) is 14.7. The first-order chi connectivity index (χ1) is 16.5. The highest BCUT2D eigenvalue weighted by molar-refractivity contribution is 6.30. The lowest BCUT2D eigenvalue weighted by atomic mass is 9.99. The van der Waals surface area contributed by atoms with Crippen molar-refractivity contribution >= 4 is 35.2 Å². The molecule has 2 N–H and O–H groups in total. The van der Waals surface area contributed by atoms with Crippen LogP contribution in [-0.4, -0.2) is 64.9 Å². The van der Waals surface area contributed by atoms with Gasteiger partial charge in [0.05, 0.1) is 0 Å². The van der Waals surface area contributed by atoms with Crippen LogP contribution in [0.3, 0.4) is 0 Å². The minimum Gasteiger partial charge on any atom is -0.354 e.